The van der Waals surface area contributed by atoms with Crippen LogP contribution in [0.1, 0.15) is 18.2 Å². The molecule has 0 spiro atoms. The predicted octanol–water partition coefficient (Wildman–Crippen LogP) is 1.14. The zero-order chi connectivity index (χ0) is 10.5. The van der Waals surface area contributed by atoms with Gasteiger partial charge in [-0.1, -0.05) is 0 Å². The average Bonchev–Trinajstić information content (AvgIpc) is 2.80. The monoisotopic (exact) mass is 205 g/mol. The topological polar surface area (TPSA) is 52.2 Å². The fraction of sp³-hybridized carbons (Fsp3) is 0.545. The summed E-state index contributed by atoms with van der Waals surface area (Å²) in [4.78, 5) is 2.30. The van der Waals surface area contributed by atoms with E-state index in [0.29, 0.717) is 6.42 Å². The molecule has 2 rings (SSSR count). The molecule has 0 aromatic carbocycles. The number of nitriles is 1. The normalized spacial score (nSPS) is 19.7. The Hall–Kier alpha value is -1.31. The fourth-order valence-corrected chi connectivity index (χ4v) is 1.97. The molecule has 1 aromatic heterocycles. The van der Waals surface area contributed by atoms with Crippen LogP contribution in [0.25, 0.3) is 0 Å². The molecule has 4 nitrogen and oxygen atoms in total. The third kappa shape index (κ3) is 2.38. The van der Waals surface area contributed by atoms with Crippen molar-refractivity contribution in [2.75, 3.05) is 26.2 Å². The van der Waals surface area contributed by atoms with Crippen molar-refractivity contribution in [2.24, 2.45) is 0 Å². The maximum atomic E-state index is 8.83. The lowest BCUT2D eigenvalue weighted by Crippen LogP contribution is -2.45. The number of hydrogen-bond acceptors (Lipinski definition) is 4. The van der Waals surface area contributed by atoms with Crippen LogP contribution in [0, 0.1) is 11.3 Å². The number of rotatable bonds is 3. The van der Waals surface area contributed by atoms with E-state index in [2.05, 4.69) is 16.3 Å². The van der Waals surface area contributed by atoms with Gasteiger partial charge < -0.3 is 9.73 Å². The van der Waals surface area contributed by atoms with Crippen molar-refractivity contribution >= 4 is 0 Å². The Morgan fingerprint density at radius 1 is 1.53 bits per heavy atom. The molecule has 2 heterocycles. The van der Waals surface area contributed by atoms with Crippen LogP contribution >= 0.6 is 0 Å². The molecule has 0 aliphatic carbocycles. The molecule has 0 amide bonds. The molecule has 1 aromatic rings. The van der Waals surface area contributed by atoms with Crippen molar-refractivity contribution in [3.63, 3.8) is 0 Å². The molecule has 4 heteroatoms. The van der Waals surface area contributed by atoms with Gasteiger partial charge >= 0.3 is 0 Å². The average molecular weight is 205 g/mol. The Balaban J connectivity index is 2.08. The second kappa shape index (κ2) is 4.96. The maximum absolute atomic E-state index is 8.83. The van der Waals surface area contributed by atoms with Gasteiger partial charge in [-0.25, -0.2) is 0 Å². The first-order chi connectivity index (χ1) is 7.42. The quantitative estimate of drug-likeness (QED) is 0.804. The van der Waals surface area contributed by atoms with Crippen molar-refractivity contribution in [3.05, 3.63) is 24.2 Å². The molecule has 80 valence electrons. The number of hydrogen-bond donors (Lipinski definition) is 1. The van der Waals surface area contributed by atoms with Crippen molar-refractivity contribution in [1.29, 1.82) is 5.26 Å². The van der Waals surface area contributed by atoms with Crippen LogP contribution in [-0.4, -0.2) is 31.1 Å². The van der Waals surface area contributed by atoms with Crippen molar-refractivity contribution < 1.29 is 4.42 Å². The summed E-state index contributed by atoms with van der Waals surface area (Å²) in [6, 6.07) is 6.17. The first-order valence-electron chi connectivity index (χ1n) is 5.27. The van der Waals surface area contributed by atoms with Crippen LogP contribution in [0.4, 0.5) is 0 Å². The van der Waals surface area contributed by atoms with E-state index < -0.39 is 0 Å². The van der Waals surface area contributed by atoms with E-state index in [1.807, 2.05) is 12.1 Å². The van der Waals surface area contributed by atoms with Crippen LogP contribution in [0.15, 0.2) is 22.8 Å². The van der Waals surface area contributed by atoms with E-state index in [1.54, 1.807) is 6.26 Å². The zero-order valence-electron chi connectivity index (χ0n) is 8.65. The molecule has 1 N–H and O–H groups in total. The van der Waals surface area contributed by atoms with E-state index in [4.69, 9.17) is 9.68 Å². The van der Waals surface area contributed by atoms with Gasteiger partial charge in [0, 0.05) is 26.2 Å². The zero-order valence-corrected chi connectivity index (χ0v) is 8.65. The summed E-state index contributed by atoms with van der Waals surface area (Å²) in [5.74, 6) is 0.901. The number of furan rings is 1. The van der Waals surface area contributed by atoms with E-state index in [0.717, 1.165) is 31.9 Å². The van der Waals surface area contributed by atoms with Crippen LogP contribution in [0.5, 0.6) is 0 Å². The van der Waals surface area contributed by atoms with Crippen LogP contribution < -0.4 is 5.32 Å². The van der Waals surface area contributed by atoms with E-state index >= 15 is 0 Å². The Labute approximate surface area is 89.5 Å². The minimum atomic E-state index is 0.118. The van der Waals surface area contributed by atoms with E-state index in [1.165, 1.54) is 0 Å². The second-order valence-corrected chi connectivity index (χ2v) is 3.68. The standard InChI is InChI=1S/C11H15N3O/c12-4-3-10(11-2-1-9-15-11)14-7-5-13-6-8-14/h1-2,9-10,13H,3,5-8H2/t10-/m1/s1. The SMILES string of the molecule is N#CC[C@H](c1ccco1)N1CCNCC1. The van der Waals surface area contributed by atoms with Crippen LogP contribution in [0.2, 0.25) is 0 Å². The summed E-state index contributed by atoms with van der Waals surface area (Å²) in [5, 5.41) is 12.1. The minimum Gasteiger partial charge on any atom is -0.468 e. The Morgan fingerprint density at radius 2 is 2.33 bits per heavy atom. The van der Waals surface area contributed by atoms with Gasteiger partial charge in [0.25, 0.3) is 0 Å². The van der Waals surface area contributed by atoms with Crippen molar-refractivity contribution in [1.82, 2.24) is 10.2 Å². The summed E-state index contributed by atoms with van der Waals surface area (Å²) < 4.78 is 5.39. The highest BCUT2D eigenvalue weighted by Gasteiger charge is 2.23. The highest BCUT2D eigenvalue weighted by Crippen LogP contribution is 2.24. The fourth-order valence-electron chi connectivity index (χ4n) is 1.97. The molecule has 0 bridgehead atoms. The third-order valence-corrected chi connectivity index (χ3v) is 2.75. The molecule has 1 atom stereocenters. The van der Waals surface area contributed by atoms with Crippen LogP contribution in [-0.2, 0) is 0 Å². The van der Waals surface area contributed by atoms with Crippen molar-refractivity contribution in [2.45, 2.75) is 12.5 Å². The van der Waals surface area contributed by atoms with E-state index in [-0.39, 0.29) is 6.04 Å². The molecule has 0 saturated carbocycles. The highest BCUT2D eigenvalue weighted by molar-refractivity contribution is 5.07. The molecule has 1 fully saturated rings. The Kier molecular flexibility index (Phi) is 3.38. The number of piperazine rings is 1. The van der Waals surface area contributed by atoms with Gasteiger partial charge in [-0.05, 0) is 12.1 Å². The largest absolute Gasteiger partial charge is 0.468 e. The molecule has 1 saturated heterocycles. The lowest BCUT2D eigenvalue weighted by atomic mass is 10.1. The van der Waals surface area contributed by atoms with Gasteiger partial charge in [-0.2, -0.15) is 5.26 Å². The van der Waals surface area contributed by atoms with Crippen LogP contribution in [0.3, 0.4) is 0 Å². The molecule has 1 aliphatic rings. The maximum Gasteiger partial charge on any atom is 0.121 e. The predicted molar refractivity (Wildman–Crippen MR) is 56.1 cm³/mol. The summed E-state index contributed by atoms with van der Waals surface area (Å²) >= 11 is 0. The molecule has 15 heavy (non-hydrogen) atoms. The highest BCUT2D eigenvalue weighted by atomic mass is 16.3. The molecular formula is C11H15N3O. The van der Waals surface area contributed by atoms with Gasteiger partial charge in [0.2, 0.25) is 0 Å². The molecule has 0 radical (unpaired) electrons. The van der Waals surface area contributed by atoms with Gasteiger partial charge in [-0.3, -0.25) is 4.90 Å². The summed E-state index contributed by atoms with van der Waals surface area (Å²) in [6.07, 6.45) is 2.16. The van der Waals surface area contributed by atoms with Crippen molar-refractivity contribution in [3.8, 4) is 6.07 Å². The minimum absolute atomic E-state index is 0.118. The van der Waals surface area contributed by atoms with Gasteiger partial charge in [-0.15, -0.1) is 0 Å². The number of nitrogens with one attached hydrogen (secondary N) is 1. The first-order valence-corrected chi connectivity index (χ1v) is 5.27. The Morgan fingerprint density at radius 3 is 2.93 bits per heavy atom. The van der Waals surface area contributed by atoms with E-state index in [9.17, 15) is 0 Å². The summed E-state index contributed by atoms with van der Waals surface area (Å²) in [7, 11) is 0. The second-order valence-electron chi connectivity index (χ2n) is 3.68. The summed E-state index contributed by atoms with van der Waals surface area (Å²) in [5.41, 5.74) is 0. The number of nitrogens with zero attached hydrogens (tertiary/aromatic N) is 2. The smallest absolute Gasteiger partial charge is 0.121 e. The Bertz CT molecular complexity index is 322. The van der Waals surface area contributed by atoms with Gasteiger partial charge in [0.1, 0.15) is 5.76 Å². The van der Waals surface area contributed by atoms with Gasteiger partial charge in [0.15, 0.2) is 0 Å². The third-order valence-electron chi connectivity index (χ3n) is 2.75. The lowest BCUT2D eigenvalue weighted by molar-refractivity contribution is 0.157. The molecular weight excluding hydrogens is 190 g/mol. The van der Waals surface area contributed by atoms with Gasteiger partial charge in [0.05, 0.1) is 24.8 Å². The summed E-state index contributed by atoms with van der Waals surface area (Å²) in [6.45, 7) is 3.94. The lowest BCUT2D eigenvalue weighted by Gasteiger charge is -2.32. The molecule has 0 unspecified atom stereocenters. The molecule has 1 aliphatic heterocycles. The first kappa shape index (κ1) is 10.2.